The Morgan fingerprint density at radius 2 is 2.12 bits per heavy atom. The van der Waals surface area contributed by atoms with E-state index in [-0.39, 0.29) is 11.8 Å². The van der Waals surface area contributed by atoms with Gasteiger partial charge in [-0.3, -0.25) is 9.48 Å². The lowest BCUT2D eigenvalue weighted by atomic mass is 9.85. The topological polar surface area (TPSA) is 68.0 Å². The summed E-state index contributed by atoms with van der Waals surface area (Å²) >= 11 is 3.37. The van der Waals surface area contributed by atoms with E-state index >= 15 is 0 Å². The van der Waals surface area contributed by atoms with E-state index in [1.54, 1.807) is 4.68 Å². The van der Waals surface area contributed by atoms with Crippen molar-refractivity contribution >= 4 is 21.9 Å². The van der Waals surface area contributed by atoms with Gasteiger partial charge in [-0.1, -0.05) is 24.5 Å². The minimum absolute atomic E-state index is 0.0179. The van der Waals surface area contributed by atoms with Crippen molar-refractivity contribution in [3.05, 3.63) is 10.3 Å². The minimum atomic E-state index is -0.704. The quantitative estimate of drug-likeness (QED) is 0.851. The molecule has 1 aromatic rings. The van der Waals surface area contributed by atoms with Crippen LogP contribution >= 0.6 is 15.9 Å². The highest BCUT2D eigenvalue weighted by Crippen LogP contribution is 2.38. The summed E-state index contributed by atoms with van der Waals surface area (Å²) in [5, 5.41) is 17.2. The van der Waals surface area contributed by atoms with Crippen molar-refractivity contribution in [1.29, 1.82) is 0 Å². The Morgan fingerprint density at radius 1 is 1.41 bits per heavy atom. The largest absolute Gasteiger partial charge is 0.481 e. The van der Waals surface area contributed by atoms with Gasteiger partial charge in [0, 0.05) is 13.0 Å². The summed E-state index contributed by atoms with van der Waals surface area (Å²) in [6.45, 7) is 0. The van der Waals surface area contributed by atoms with Crippen LogP contribution in [0.2, 0.25) is 0 Å². The van der Waals surface area contributed by atoms with Crippen molar-refractivity contribution < 1.29 is 9.90 Å². The monoisotopic (exact) mass is 301 g/mol. The zero-order chi connectivity index (χ0) is 12.4. The smallest absolute Gasteiger partial charge is 0.307 e. The molecule has 6 heteroatoms. The van der Waals surface area contributed by atoms with Crippen LogP contribution in [0, 0.1) is 5.92 Å². The van der Waals surface area contributed by atoms with Crippen LogP contribution in [-0.4, -0.2) is 26.1 Å². The number of hydrogen-bond acceptors (Lipinski definition) is 3. The van der Waals surface area contributed by atoms with Crippen LogP contribution in [0.1, 0.15) is 43.7 Å². The molecule has 0 saturated heterocycles. The fourth-order valence-corrected chi connectivity index (χ4v) is 3.28. The highest BCUT2D eigenvalue weighted by molar-refractivity contribution is 9.10. The number of aliphatic carboxylic acids is 1. The summed E-state index contributed by atoms with van der Waals surface area (Å²) in [6, 6.07) is 0. The highest BCUT2D eigenvalue weighted by Gasteiger charge is 2.34. The number of carboxylic acids is 1. The molecular formula is C11H16BrN3O2. The van der Waals surface area contributed by atoms with Gasteiger partial charge in [0.25, 0.3) is 0 Å². The normalized spacial score (nSPS) is 25.5. The number of aryl methyl sites for hydroxylation is 1. The van der Waals surface area contributed by atoms with Gasteiger partial charge in [-0.2, -0.15) is 0 Å². The van der Waals surface area contributed by atoms with Gasteiger partial charge in [-0.15, -0.1) is 5.10 Å². The van der Waals surface area contributed by atoms with E-state index in [1.807, 2.05) is 7.05 Å². The SMILES string of the molecule is Cn1nnc(Br)c1C1CCCCCC1C(=O)O. The molecule has 0 aliphatic heterocycles. The summed E-state index contributed by atoms with van der Waals surface area (Å²) in [6.07, 6.45) is 4.83. The Kier molecular flexibility index (Phi) is 3.81. The molecule has 1 fully saturated rings. The van der Waals surface area contributed by atoms with Gasteiger partial charge in [0.1, 0.15) is 0 Å². The Balaban J connectivity index is 2.35. The van der Waals surface area contributed by atoms with Crippen molar-refractivity contribution in [3.8, 4) is 0 Å². The molecule has 5 nitrogen and oxygen atoms in total. The standard InChI is InChI=1S/C11H16BrN3O2/c1-15-9(10(12)13-14-15)7-5-3-2-4-6-8(7)11(16)17/h7-8H,2-6H2,1H3,(H,16,17). The van der Waals surface area contributed by atoms with Gasteiger partial charge in [-0.05, 0) is 28.8 Å². The van der Waals surface area contributed by atoms with E-state index in [1.165, 1.54) is 0 Å². The van der Waals surface area contributed by atoms with Gasteiger partial charge in [-0.25, -0.2) is 0 Å². The molecular weight excluding hydrogens is 286 g/mol. The van der Waals surface area contributed by atoms with Crippen LogP contribution < -0.4 is 0 Å². The molecule has 2 atom stereocenters. The van der Waals surface area contributed by atoms with Crippen LogP contribution in [-0.2, 0) is 11.8 Å². The molecule has 0 aromatic carbocycles. The predicted octanol–water partition coefficient (Wildman–Crippen LogP) is 2.33. The molecule has 0 spiro atoms. The molecule has 0 bridgehead atoms. The Hall–Kier alpha value is -0.910. The maximum atomic E-state index is 11.4. The number of halogens is 1. The number of nitrogens with zero attached hydrogens (tertiary/aromatic N) is 3. The Bertz CT molecular complexity index is 399. The molecule has 0 radical (unpaired) electrons. The molecule has 1 aromatic heterocycles. The van der Waals surface area contributed by atoms with Crippen LogP contribution in [0.4, 0.5) is 0 Å². The van der Waals surface area contributed by atoms with Gasteiger partial charge < -0.3 is 5.11 Å². The van der Waals surface area contributed by atoms with E-state index in [0.717, 1.165) is 37.8 Å². The van der Waals surface area contributed by atoms with E-state index < -0.39 is 5.97 Å². The average molecular weight is 302 g/mol. The molecule has 1 aliphatic rings. The lowest BCUT2D eigenvalue weighted by Gasteiger charge is -2.21. The average Bonchev–Trinajstić information content (AvgIpc) is 2.53. The zero-order valence-corrected chi connectivity index (χ0v) is 11.4. The van der Waals surface area contributed by atoms with Gasteiger partial charge >= 0.3 is 5.97 Å². The summed E-state index contributed by atoms with van der Waals surface area (Å²) in [4.78, 5) is 11.4. The van der Waals surface area contributed by atoms with E-state index in [2.05, 4.69) is 26.2 Å². The second-order valence-electron chi connectivity index (χ2n) is 4.58. The van der Waals surface area contributed by atoms with Gasteiger partial charge in [0.05, 0.1) is 11.6 Å². The first kappa shape index (κ1) is 12.5. The van der Waals surface area contributed by atoms with Crippen LogP contribution in [0.15, 0.2) is 4.60 Å². The summed E-state index contributed by atoms with van der Waals surface area (Å²) in [5.74, 6) is -1.000. The molecule has 1 saturated carbocycles. The Morgan fingerprint density at radius 3 is 2.71 bits per heavy atom. The zero-order valence-electron chi connectivity index (χ0n) is 9.77. The molecule has 17 heavy (non-hydrogen) atoms. The van der Waals surface area contributed by atoms with Gasteiger partial charge in [0.2, 0.25) is 0 Å². The number of hydrogen-bond donors (Lipinski definition) is 1. The molecule has 94 valence electrons. The molecule has 1 aliphatic carbocycles. The third kappa shape index (κ3) is 2.51. The maximum Gasteiger partial charge on any atom is 0.307 e. The third-order valence-corrected chi connectivity index (χ3v) is 4.08. The lowest BCUT2D eigenvalue weighted by Crippen LogP contribution is -2.23. The molecule has 1 heterocycles. The number of aromatic nitrogens is 3. The summed E-state index contributed by atoms with van der Waals surface area (Å²) < 4.78 is 2.37. The minimum Gasteiger partial charge on any atom is -0.481 e. The Labute approximate surface area is 108 Å². The third-order valence-electron chi connectivity index (χ3n) is 3.51. The van der Waals surface area contributed by atoms with Crippen LogP contribution in [0.25, 0.3) is 0 Å². The van der Waals surface area contributed by atoms with E-state index in [0.29, 0.717) is 4.60 Å². The van der Waals surface area contributed by atoms with Crippen LogP contribution in [0.3, 0.4) is 0 Å². The lowest BCUT2D eigenvalue weighted by molar-refractivity contribution is -0.142. The van der Waals surface area contributed by atoms with Crippen molar-refractivity contribution in [3.63, 3.8) is 0 Å². The van der Waals surface area contributed by atoms with Crippen molar-refractivity contribution in [2.75, 3.05) is 0 Å². The van der Waals surface area contributed by atoms with Crippen molar-refractivity contribution in [1.82, 2.24) is 15.0 Å². The van der Waals surface area contributed by atoms with Crippen molar-refractivity contribution in [2.24, 2.45) is 13.0 Å². The second kappa shape index (κ2) is 5.16. The highest BCUT2D eigenvalue weighted by atomic mass is 79.9. The molecule has 1 N–H and O–H groups in total. The summed E-state index contributed by atoms with van der Waals surface area (Å²) in [7, 11) is 1.82. The first-order valence-electron chi connectivity index (χ1n) is 5.89. The van der Waals surface area contributed by atoms with Crippen LogP contribution in [0.5, 0.6) is 0 Å². The number of carboxylic acid groups (broad SMARTS) is 1. The van der Waals surface area contributed by atoms with E-state index in [9.17, 15) is 9.90 Å². The summed E-state index contributed by atoms with van der Waals surface area (Å²) in [5.41, 5.74) is 0.916. The predicted molar refractivity (Wildman–Crippen MR) is 65.7 cm³/mol. The van der Waals surface area contributed by atoms with Crippen molar-refractivity contribution in [2.45, 2.75) is 38.0 Å². The fraction of sp³-hybridized carbons (Fsp3) is 0.727. The van der Waals surface area contributed by atoms with E-state index in [4.69, 9.17) is 0 Å². The number of carbonyl (C=O) groups is 1. The number of rotatable bonds is 2. The first-order chi connectivity index (χ1) is 8.11. The maximum absolute atomic E-state index is 11.4. The fourth-order valence-electron chi connectivity index (χ4n) is 2.66. The molecule has 2 rings (SSSR count). The second-order valence-corrected chi connectivity index (χ2v) is 5.33. The molecule has 0 amide bonds. The first-order valence-corrected chi connectivity index (χ1v) is 6.68. The van der Waals surface area contributed by atoms with Gasteiger partial charge in [0.15, 0.2) is 4.60 Å². The molecule has 2 unspecified atom stereocenters.